The van der Waals surface area contributed by atoms with Crippen molar-refractivity contribution in [2.45, 2.75) is 26.2 Å². The molecule has 1 N–H and O–H groups in total. The summed E-state index contributed by atoms with van der Waals surface area (Å²) in [5, 5.41) is 12.6. The third-order valence-electron chi connectivity index (χ3n) is 3.43. The molecule has 96 valence electrons. The molecule has 0 saturated carbocycles. The molecule has 2 nitrogen and oxygen atoms in total. The monoisotopic (exact) mass is 264 g/mol. The molecule has 0 fully saturated rings. The Morgan fingerprint density at radius 2 is 1.89 bits per heavy atom. The lowest BCUT2D eigenvalue weighted by molar-refractivity contribution is 0.396. The van der Waals surface area contributed by atoms with Gasteiger partial charge >= 0.3 is 0 Å². The largest absolute Gasteiger partial charge is 0.507 e. The molecule has 1 atom stereocenters. The Morgan fingerprint density at radius 3 is 2.44 bits per heavy atom. The van der Waals surface area contributed by atoms with E-state index in [1.54, 1.807) is 7.11 Å². The van der Waals surface area contributed by atoms with E-state index in [1.807, 2.05) is 24.3 Å². The lowest BCUT2D eigenvalue weighted by Gasteiger charge is -2.19. The van der Waals surface area contributed by atoms with Crippen molar-refractivity contribution in [2.24, 2.45) is 0 Å². The molecule has 0 radical (unpaired) electrons. The second-order valence-corrected chi connectivity index (χ2v) is 4.84. The van der Waals surface area contributed by atoms with Crippen LogP contribution >= 0.6 is 11.6 Å². The fourth-order valence-electron chi connectivity index (χ4n) is 2.24. The molecule has 0 amide bonds. The van der Waals surface area contributed by atoms with Gasteiger partial charge < -0.3 is 9.84 Å². The molecule has 2 rings (SSSR count). The minimum Gasteiger partial charge on any atom is -0.507 e. The van der Waals surface area contributed by atoms with Gasteiger partial charge in [-0.05, 0) is 12.3 Å². The summed E-state index contributed by atoms with van der Waals surface area (Å²) in [4.78, 5) is 0. The molecule has 2 aromatic carbocycles. The van der Waals surface area contributed by atoms with Gasteiger partial charge in [-0.2, -0.15) is 0 Å². The average molecular weight is 265 g/mol. The van der Waals surface area contributed by atoms with Crippen LogP contribution in [0.15, 0.2) is 24.3 Å². The highest BCUT2D eigenvalue weighted by Crippen LogP contribution is 2.46. The predicted octanol–water partition coefficient (Wildman–Crippen LogP) is 4.72. The number of benzene rings is 2. The molecule has 0 heterocycles. The third-order valence-corrected chi connectivity index (χ3v) is 3.80. The number of halogens is 1. The molecular weight excluding hydrogens is 248 g/mol. The number of hydrogen-bond acceptors (Lipinski definition) is 2. The zero-order valence-corrected chi connectivity index (χ0v) is 11.6. The van der Waals surface area contributed by atoms with Crippen LogP contribution in [-0.2, 0) is 0 Å². The maximum Gasteiger partial charge on any atom is 0.145 e. The topological polar surface area (TPSA) is 29.5 Å². The van der Waals surface area contributed by atoms with Crippen molar-refractivity contribution in [2.75, 3.05) is 7.11 Å². The van der Waals surface area contributed by atoms with Gasteiger partial charge in [0, 0.05) is 16.3 Å². The van der Waals surface area contributed by atoms with Gasteiger partial charge in [-0.15, -0.1) is 0 Å². The second-order valence-electron chi connectivity index (χ2n) is 4.46. The fourth-order valence-corrected chi connectivity index (χ4v) is 2.58. The van der Waals surface area contributed by atoms with Gasteiger partial charge in [-0.3, -0.25) is 0 Å². The Balaban J connectivity index is 2.88. The van der Waals surface area contributed by atoms with Gasteiger partial charge in [-0.25, -0.2) is 0 Å². The summed E-state index contributed by atoms with van der Waals surface area (Å²) in [5.41, 5.74) is 0.795. The molecule has 0 bridgehead atoms. The number of hydrogen-bond donors (Lipinski definition) is 1. The lowest BCUT2D eigenvalue weighted by Crippen LogP contribution is -1.99. The highest BCUT2D eigenvalue weighted by Gasteiger charge is 2.21. The second kappa shape index (κ2) is 5.07. The number of methoxy groups -OCH3 is 1. The van der Waals surface area contributed by atoms with Crippen molar-refractivity contribution in [3.63, 3.8) is 0 Å². The van der Waals surface area contributed by atoms with Crippen molar-refractivity contribution < 1.29 is 9.84 Å². The molecule has 0 aliphatic rings. The maximum atomic E-state index is 10.4. The Kier molecular flexibility index (Phi) is 3.67. The SMILES string of the molecule is CCC(C)c1c(OC)c(Cl)c2ccccc2c1O. The summed E-state index contributed by atoms with van der Waals surface area (Å²) in [6.07, 6.45) is 0.915. The van der Waals surface area contributed by atoms with Crippen LogP contribution in [0.25, 0.3) is 10.8 Å². The molecular formula is C15H17ClO2. The molecule has 3 heteroatoms. The van der Waals surface area contributed by atoms with E-state index in [4.69, 9.17) is 16.3 Å². The van der Waals surface area contributed by atoms with Crippen LogP contribution < -0.4 is 4.74 Å². The van der Waals surface area contributed by atoms with Gasteiger partial charge in [0.1, 0.15) is 11.5 Å². The van der Waals surface area contributed by atoms with Crippen molar-refractivity contribution >= 4 is 22.4 Å². The first-order chi connectivity index (χ1) is 8.61. The summed E-state index contributed by atoms with van der Waals surface area (Å²) in [6, 6.07) is 7.56. The highest BCUT2D eigenvalue weighted by atomic mass is 35.5. The van der Waals surface area contributed by atoms with Crippen LogP contribution in [0.3, 0.4) is 0 Å². The molecule has 0 aliphatic heterocycles. The quantitative estimate of drug-likeness (QED) is 0.869. The van der Waals surface area contributed by atoms with Crippen LogP contribution in [0.2, 0.25) is 5.02 Å². The van der Waals surface area contributed by atoms with E-state index in [9.17, 15) is 5.11 Å². The molecule has 0 saturated heterocycles. The van der Waals surface area contributed by atoms with Crippen LogP contribution in [0.5, 0.6) is 11.5 Å². The number of ether oxygens (including phenoxy) is 1. The van der Waals surface area contributed by atoms with Crippen molar-refractivity contribution in [1.29, 1.82) is 0 Å². The molecule has 0 spiro atoms. The Bertz CT molecular complexity index is 578. The van der Waals surface area contributed by atoms with Crippen LogP contribution in [0, 0.1) is 0 Å². The first-order valence-electron chi connectivity index (χ1n) is 6.08. The van der Waals surface area contributed by atoms with Crippen LogP contribution in [0.4, 0.5) is 0 Å². The number of phenols is 1. The predicted molar refractivity (Wildman–Crippen MR) is 75.9 cm³/mol. The van der Waals surface area contributed by atoms with Gasteiger partial charge in [0.25, 0.3) is 0 Å². The normalized spacial score (nSPS) is 12.7. The molecule has 0 aromatic heterocycles. The van der Waals surface area contributed by atoms with Crippen LogP contribution in [0.1, 0.15) is 31.7 Å². The van der Waals surface area contributed by atoms with E-state index < -0.39 is 0 Å². The smallest absolute Gasteiger partial charge is 0.145 e. The number of phenolic OH excluding ortho intramolecular Hbond substituents is 1. The third kappa shape index (κ3) is 1.91. The standard InChI is InChI=1S/C15H17ClO2/c1-4-9(2)12-14(17)11-8-6-5-7-10(11)13(16)15(12)18-3/h5-9,17H,4H2,1-3H3. The first-order valence-corrected chi connectivity index (χ1v) is 6.46. The lowest BCUT2D eigenvalue weighted by atomic mass is 9.93. The highest BCUT2D eigenvalue weighted by molar-refractivity contribution is 6.37. The van der Waals surface area contributed by atoms with Crippen molar-refractivity contribution in [3.05, 3.63) is 34.9 Å². The minimum absolute atomic E-state index is 0.196. The summed E-state index contributed by atoms with van der Waals surface area (Å²) in [5.74, 6) is 1.06. The zero-order valence-electron chi connectivity index (χ0n) is 10.8. The summed E-state index contributed by atoms with van der Waals surface area (Å²) >= 11 is 6.38. The zero-order chi connectivity index (χ0) is 13.3. The maximum absolute atomic E-state index is 10.4. The van der Waals surface area contributed by atoms with E-state index >= 15 is 0 Å². The van der Waals surface area contributed by atoms with Gasteiger partial charge in [-0.1, -0.05) is 49.7 Å². The summed E-state index contributed by atoms with van der Waals surface area (Å²) in [7, 11) is 1.58. The van der Waals surface area contributed by atoms with Crippen LogP contribution in [-0.4, -0.2) is 12.2 Å². The fraction of sp³-hybridized carbons (Fsp3) is 0.333. The van der Waals surface area contributed by atoms with Crippen molar-refractivity contribution in [3.8, 4) is 11.5 Å². The van der Waals surface area contributed by atoms with E-state index in [0.717, 1.165) is 22.8 Å². The van der Waals surface area contributed by atoms with Gasteiger partial charge in [0.15, 0.2) is 0 Å². The number of aromatic hydroxyl groups is 1. The van der Waals surface area contributed by atoms with E-state index in [-0.39, 0.29) is 11.7 Å². The van der Waals surface area contributed by atoms with E-state index in [0.29, 0.717) is 10.8 Å². The number of rotatable bonds is 3. The molecule has 1 unspecified atom stereocenters. The van der Waals surface area contributed by atoms with Gasteiger partial charge in [0.05, 0.1) is 12.1 Å². The Labute approximate surface area is 112 Å². The Hall–Kier alpha value is -1.41. The number of fused-ring (bicyclic) bond motifs is 1. The van der Waals surface area contributed by atoms with Gasteiger partial charge in [0.2, 0.25) is 0 Å². The molecule has 2 aromatic rings. The average Bonchev–Trinajstić information content (AvgIpc) is 2.41. The first kappa shape index (κ1) is 13.0. The molecule has 0 aliphatic carbocycles. The van der Waals surface area contributed by atoms with E-state index in [1.165, 1.54) is 0 Å². The van der Waals surface area contributed by atoms with Crippen molar-refractivity contribution in [1.82, 2.24) is 0 Å². The Morgan fingerprint density at radius 1 is 1.28 bits per heavy atom. The minimum atomic E-state index is 0.196. The summed E-state index contributed by atoms with van der Waals surface area (Å²) < 4.78 is 5.40. The van der Waals surface area contributed by atoms with E-state index in [2.05, 4.69) is 13.8 Å². The summed E-state index contributed by atoms with van der Waals surface area (Å²) in [6.45, 7) is 4.13. The molecule has 18 heavy (non-hydrogen) atoms.